The van der Waals surface area contributed by atoms with Gasteiger partial charge in [-0.1, -0.05) is 0 Å². The van der Waals surface area contributed by atoms with Gasteiger partial charge in [0.1, 0.15) is 6.10 Å². The van der Waals surface area contributed by atoms with Crippen LogP contribution in [-0.2, 0) is 18.3 Å². The van der Waals surface area contributed by atoms with E-state index in [4.69, 9.17) is 18.3 Å². The van der Waals surface area contributed by atoms with Gasteiger partial charge in [0.25, 0.3) is 0 Å². The summed E-state index contributed by atoms with van der Waals surface area (Å²) in [5.41, 5.74) is 0. The molecule has 1 saturated heterocycles. The fourth-order valence-corrected chi connectivity index (χ4v) is 4.87. The van der Waals surface area contributed by atoms with Crippen LogP contribution in [0.15, 0.2) is 0 Å². The largest absolute Gasteiger partial charge is 0.398 e. The molecule has 0 spiro atoms. The standard InChI is InChI=1S/C11H24O4SSi/c1-12-17(13-2,8-4-6-16)7-3-5-14-9-11-10-15-11/h11,16H,3-10H2,1-2H3. The van der Waals surface area contributed by atoms with Crippen molar-refractivity contribution in [3.63, 3.8) is 0 Å². The topological polar surface area (TPSA) is 40.2 Å². The van der Waals surface area contributed by atoms with Crippen LogP contribution in [-0.4, -0.2) is 54.5 Å². The lowest BCUT2D eigenvalue weighted by atomic mass is 10.5. The molecule has 0 amide bonds. The fraction of sp³-hybridized carbons (Fsp3) is 1.00. The molecule has 1 heterocycles. The first-order chi connectivity index (χ1) is 8.26. The van der Waals surface area contributed by atoms with Crippen molar-refractivity contribution in [3.05, 3.63) is 0 Å². The molecule has 1 unspecified atom stereocenters. The van der Waals surface area contributed by atoms with Gasteiger partial charge in [-0.2, -0.15) is 12.6 Å². The highest BCUT2D eigenvalue weighted by Gasteiger charge is 2.34. The Morgan fingerprint density at radius 1 is 1.24 bits per heavy atom. The first-order valence-electron chi connectivity index (χ1n) is 6.17. The summed E-state index contributed by atoms with van der Waals surface area (Å²) >= 11 is 4.24. The quantitative estimate of drug-likeness (QED) is 0.271. The van der Waals surface area contributed by atoms with E-state index in [1.54, 1.807) is 14.2 Å². The van der Waals surface area contributed by atoms with E-state index in [1.165, 1.54) is 0 Å². The average Bonchev–Trinajstić information content (AvgIpc) is 3.17. The van der Waals surface area contributed by atoms with Gasteiger partial charge in [0.2, 0.25) is 0 Å². The van der Waals surface area contributed by atoms with Gasteiger partial charge in [-0.15, -0.1) is 0 Å². The zero-order valence-corrected chi connectivity index (χ0v) is 12.7. The van der Waals surface area contributed by atoms with Gasteiger partial charge < -0.3 is 18.3 Å². The molecule has 4 nitrogen and oxygen atoms in total. The van der Waals surface area contributed by atoms with E-state index < -0.39 is 8.56 Å². The Morgan fingerprint density at radius 2 is 1.88 bits per heavy atom. The van der Waals surface area contributed by atoms with Crippen LogP contribution in [0.4, 0.5) is 0 Å². The van der Waals surface area contributed by atoms with E-state index in [-0.39, 0.29) is 0 Å². The Balaban J connectivity index is 2.12. The zero-order valence-electron chi connectivity index (χ0n) is 10.8. The molecule has 0 aromatic heterocycles. The lowest BCUT2D eigenvalue weighted by molar-refractivity contribution is 0.114. The van der Waals surface area contributed by atoms with Crippen LogP contribution in [0.5, 0.6) is 0 Å². The monoisotopic (exact) mass is 280 g/mol. The van der Waals surface area contributed by atoms with Gasteiger partial charge in [-0.25, -0.2) is 0 Å². The Hall–Kier alpha value is 0.407. The summed E-state index contributed by atoms with van der Waals surface area (Å²) in [7, 11) is 1.53. The van der Waals surface area contributed by atoms with Gasteiger partial charge in [-0.3, -0.25) is 0 Å². The molecule has 1 rings (SSSR count). The molecule has 0 bridgehead atoms. The summed E-state index contributed by atoms with van der Waals surface area (Å²) in [4.78, 5) is 0. The van der Waals surface area contributed by atoms with Crippen LogP contribution >= 0.6 is 12.6 Å². The third-order valence-electron chi connectivity index (χ3n) is 3.01. The summed E-state index contributed by atoms with van der Waals surface area (Å²) in [5.74, 6) is 0.886. The van der Waals surface area contributed by atoms with Crippen molar-refractivity contribution in [2.45, 2.75) is 31.0 Å². The van der Waals surface area contributed by atoms with Crippen molar-refractivity contribution < 1.29 is 18.3 Å². The molecule has 0 saturated carbocycles. The Labute approximate surface area is 111 Å². The van der Waals surface area contributed by atoms with Crippen molar-refractivity contribution in [1.29, 1.82) is 0 Å². The molecule has 0 aromatic carbocycles. The van der Waals surface area contributed by atoms with Crippen LogP contribution in [0.3, 0.4) is 0 Å². The van der Waals surface area contributed by atoms with Gasteiger partial charge in [0.05, 0.1) is 13.2 Å². The molecule has 0 aromatic rings. The molecule has 102 valence electrons. The summed E-state index contributed by atoms with van der Waals surface area (Å²) in [6.07, 6.45) is 2.40. The number of hydrogen-bond donors (Lipinski definition) is 1. The smallest absolute Gasteiger partial charge is 0.337 e. The molecular weight excluding hydrogens is 256 g/mol. The van der Waals surface area contributed by atoms with Crippen molar-refractivity contribution in [1.82, 2.24) is 0 Å². The van der Waals surface area contributed by atoms with E-state index in [0.717, 1.165) is 50.5 Å². The Kier molecular flexibility index (Phi) is 7.73. The average molecular weight is 280 g/mol. The molecule has 1 atom stereocenters. The predicted molar refractivity (Wildman–Crippen MR) is 73.0 cm³/mol. The highest BCUT2D eigenvalue weighted by Crippen LogP contribution is 2.22. The lowest BCUT2D eigenvalue weighted by Crippen LogP contribution is -2.40. The van der Waals surface area contributed by atoms with Gasteiger partial charge in [0.15, 0.2) is 0 Å². The number of epoxide rings is 1. The van der Waals surface area contributed by atoms with Crippen LogP contribution in [0.1, 0.15) is 12.8 Å². The minimum atomic E-state index is -1.99. The molecule has 1 aliphatic rings. The molecule has 1 fully saturated rings. The fourth-order valence-electron chi connectivity index (χ4n) is 1.79. The second kappa shape index (κ2) is 8.50. The maximum Gasteiger partial charge on any atom is 0.337 e. The third-order valence-corrected chi connectivity index (χ3v) is 7.05. The Bertz CT molecular complexity index is 198. The first-order valence-corrected chi connectivity index (χ1v) is 9.03. The minimum Gasteiger partial charge on any atom is -0.398 e. The predicted octanol–water partition coefficient (Wildman–Crippen LogP) is 1.85. The Morgan fingerprint density at radius 3 is 2.41 bits per heavy atom. The molecule has 0 N–H and O–H groups in total. The molecule has 1 aliphatic heterocycles. The maximum atomic E-state index is 5.63. The normalized spacial score (nSPS) is 19.6. The second-order valence-corrected chi connectivity index (χ2v) is 8.36. The molecule has 0 aliphatic carbocycles. The van der Waals surface area contributed by atoms with E-state index in [0.29, 0.717) is 6.10 Å². The van der Waals surface area contributed by atoms with Crippen molar-refractivity contribution in [2.75, 3.05) is 39.8 Å². The summed E-state index contributed by atoms with van der Waals surface area (Å²) in [6, 6.07) is 1.99. The van der Waals surface area contributed by atoms with Crippen LogP contribution < -0.4 is 0 Å². The van der Waals surface area contributed by atoms with Crippen molar-refractivity contribution >= 4 is 21.2 Å². The van der Waals surface area contributed by atoms with Crippen molar-refractivity contribution in [2.24, 2.45) is 0 Å². The minimum absolute atomic E-state index is 0.353. The van der Waals surface area contributed by atoms with Crippen molar-refractivity contribution in [3.8, 4) is 0 Å². The van der Waals surface area contributed by atoms with Crippen LogP contribution in [0.25, 0.3) is 0 Å². The molecule has 17 heavy (non-hydrogen) atoms. The van der Waals surface area contributed by atoms with Crippen LogP contribution in [0, 0.1) is 0 Å². The second-order valence-electron chi connectivity index (χ2n) is 4.28. The van der Waals surface area contributed by atoms with E-state index in [2.05, 4.69) is 12.6 Å². The van der Waals surface area contributed by atoms with Crippen LogP contribution in [0.2, 0.25) is 12.1 Å². The summed E-state index contributed by atoms with van der Waals surface area (Å²) in [5, 5.41) is 0. The zero-order chi connectivity index (χ0) is 12.6. The third kappa shape index (κ3) is 6.22. The van der Waals surface area contributed by atoms with Gasteiger partial charge >= 0.3 is 8.56 Å². The first kappa shape index (κ1) is 15.5. The van der Waals surface area contributed by atoms with E-state index in [9.17, 15) is 0 Å². The number of hydrogen-bond acceptors (Lipinski definition) is 5. The summed E-state index contributed by atoms with van der Waals surface area (Å²) in [6.45, 7) is 2.35. The van der Waals surface area contributed by atoms with Gasteiger partial charge in [0, 0.05) is 20.8 Å². The van der Waals surface area contributed by atoms with E-state index in [1.807, 2.05) is 0 Å². The number of thiol groups is 1. The molecule has 6 heteroatoms. The number of ether oxygens (including phenoxy) is 2. The SMILES string of the molecule is CO[Si](CCCS)(CCCOCC1CO1)OC. The van der Waals surface area contributed by atoms with Gasteiger partial charge in [-0.05, 0) is 30.7 Å². The highest BCUT2D eigenvalue weighted by molar-refractivity contribution is 7.80. The number of rotatable bonds is 11. The van der Waals surface area contributed by atoms with E-state index >= 15 is 0 Å². The summed E-state index contributed by atoms with van der Waals surface area (Å²) < 4.78 is 21.9. The molecular formula is C11H24O4SSi. The highest BCUT2D eigenvalue weighted by atomic mass is 32.1. The maximum absolute atomic E-state index is 5.63. The molecule has 0 radical (unpaired) electrons. The lowest BCUT2D eigenvalue weighted by Gasteiger charge is -2.27.